The molecule has 20 heavy (non-hydrogen) atoms. The summed E-state index contributed by atoms with van der Waals surface area (Å²) in [4.78, 5) is 0.180. The van der Waals surface area contributed by atoms with Crippen molar-refractivity contribution in [1.82, 2.24) is 0 Å². The summed E-state index contributed by atoms with van der Waals surface area (Å²) in [6.07, 6.45) is -4.50. The van der Waals surface area contributed by atoms with Crippen LogP contribution in [0.5, 0.6) is 0 Å². The van der Waals surface area contributed by atoms with Gasteiger partial charge in [-0.2, -0.15) is 13.2 Å². The summed E-state index contributed by atoms with van der Waals surface area (Å²) in [6.45, 7) is 0. The van der Waals surface area contributed by atoms with Crippen molar-refractivity contribution >= 4 is 17.4 Å². The highest BCUT2D eigenvalue weighted by atomic mass is 32.2. The lowest BCUT2D eigenvalue weighted by Gasteiger charge is -2.11. The van der Waals surface area contributed by atoms with E-state index < -0.39 is 23.4 Å². The number of alkyl halides is 3. The molecule has 2 N–H and O–H groups in total. The van der Waals surface area contributed by atoms with Gasteiger partial charge < -0.3 is 5.73 Å². The minimum atomic E-state index is -4.50. The van der Waals surface area contributed by atoms with E-state index in [-0.39, 0.29) is 15.5 Å². The number of benzene rings is 2. The molecule has 0 unspecified atom stereocenters. The highest BCUT2D eigenvalue weighted by Gasteiger charge is 2.30. The van der Waals surface area contributed by atoms with E-state index in [1.54, 1.807) is 0 Å². The van der Waals surface area contributed by atoms with Gasteiger partial charge in [-0.1, -0.05) is 11.8 Å². The first kappa shape index (κ1) is 14.6. The highest BCUT2D eigenvalue weighted by Crippen LogP contribution is 2.37. The zero-order valence-corrected chi connectivity index (χ0v) is 10.7. The lowest BCUT2D eigenvalue weighted by Crippen LogP contribution is -2.05. The minimum absolute atomic E-state index is 0.0449. The minimum Gasteiger partial charge on any atom is -0.398 e. The lowest BCUT2D eigenvalue weighted by molar-refractivity contribution is -0.137. The Morgan fingerprint density at radius 1 is 0.900 bits per heavy atom. The first-order valence-electron chi connectivity index (χ1n) is 5.37. The van der Waals surface area contributed by atoms with E-state index >= 15 is 0 Å². The fourth-order valence-electron chi connectivity index (χ4n) is 1.49. The molecule has 0 atom stereocenters. The third-order valence-electron chi connectivity index (χ3n) is 2.45. The van der Waals surface area contributed by atoms with E-state index in [1.807, 2.05) is 0 Å². The Morgan fingerprint density at radius 2 is 1.60 bits per heavy atom. The van der Waals surface area contributed by atoms with Crippen LogP contribution in [0.25, 0.3) is 0 Å². The standard InChI is InChI=1S/C13H8F5NS/c14-8-2-3-9(15)12(6-8)20-11-4-1-7(5-10(11)19)13(16,17)18/h1-6H,19H2. The fourth-order valence-corrected chi connectivity index (χ4v) is 2.38. The maximum Gasteiger partial charge on any atom is 0.416 e. The molecule has 1 nitrogen and oxygen atoms in total. The third-order valence-corrected chi connectivity index (χ3v) is 3.57. The topological polar surface area (TPSA) is 26.0 Å². The molecule has 0 saturated heterocycles. The van der Waals surface area contributed by atoms with Gasteiger partial charge in [0.25, 0.3) is 0 Å². The summed E-state index contributed by atoms with van der Waals surface area (Å²) in [5.41, 5.74) is 4.48. The molecule has 0 saturated carbocycles. The predicted molar refractivity (Wildman–Crippen MR) is 66.3 cm³/mol. The van der Waals surface area contributed by atoms with Crippen molar-refractivity contribution < 1.29 is 22.0 Å². The number of nitrogens with two attached hydrogens (primary N) is 1. The quantitative estimate of drug-likeness (QED) is 0.642. The summed E-state index contributed by atoms with van der Waals surface area (Å²) < 4.78 is 63.9. The third kappa shape index (κ3) is 3.22. The van der Waals surface area contributed by atoms with Crippen LogP contribution in [0.4, 0.5) is 27.6 Å². The van der Waals surface area contributed by atoms with Crippen LogP contribution in [-0.4, -0.2) is 0 Å². The summed E-state index contributed by atoms with van der Waals surface area (Å²) >= 11 is 0.767. The summed E-state index contributed by atoms with van der Waals surface area (Å²) in [6, 6.07) is 5.59. The van der Waals surface area contributed by atoms with Crippen molar-refractivity contribution in [3.63, 3.8) is 0 Å². The monoisotopic (exact) mass is 305 g/mol. The first-order chi connectivity index (χ1) is 9.27. The van der Waals surface area contributed by atoms with Crippen molar-refractivity contribution in [1.29, 1.82) is 0 Å². The molecule has 2 rings (SSSR count). The lowest BCUT2D eigenvalue weighted by atomic mass is 10.2. The molecule has 7 heteroatoms. The van der Waals surface area contributed by atoms with E-state index in [4.69, 9.17) is 5.73 Å². The molecule has 2 aromatic rings. The van der Waals surface area contributed by atoms with Gasteiger partial charge in [0.15, 0.2) is 0 Å². The average Bonchev–Trinajstić information content (AvgIpc) is 2.35. The maximum absolute atomic E-state index is 13.4. The smallest absolute Gasteiger partial charge is 0.398 e. The maximum atomic E-state index is 13.4. The van der Waals surface area contributed by atoms with Crippen LogP contribution in [0.15, 0.2) is 46.2 Å². The van der Waals surface area contributed by atoms with Gasteiger partial charge in [0, 0.05) is 10.6 Å². The second-order valence-corrected chi connectivity index (χ2v) is 5.01. The molecule has 0 amide bonds. The number of anilines is 1. The molecule has 0 radical (unpaired) electrons. The number of hydrogen-bond donors (Lipinski definition) is 1. The van der Waals surface area contributed by atoms with Crippen LogP contribution in [0.3, 0.4) is 0 Å². The molecular formula is C13H8F5NS. The van der Waals surface area contributed by atoms with Gasteiger partial charge in [0.1, 0.15) is 11.6 Å². The first-order valence-corrected chi connectivity index (χ1v) is 6.18. The molecule has 0 aliphatic carbocycles. The molecule has 106 valence electrons. The fraction of sp³-hybridized carbons (Fsp3) is 0.0769. The van der Waals surface area contributed by atoms with Gasteiger partial charge in [-0.05, 0) is 36.4 Å². The van der Waals surface area contributed by atoms with Crippen LogP contribution in [-0.2, 0) is 6.18 Å². The van der Waals surface area contributed by atoms with Crippen molar-refractivity contribution in [2.24, 2.45) is 0 Å². The highest BCUT2D eigenvalue weighted by molar-refractivity contribution is 7.99. The van der Waals surface area contributed by atoms with E-state index in [1.165, 1.54) is 0 Å². The van der Waals surface area contributed by atoms with Crippen molar-refractivity contribution in [2.45, 2.75) is 16.0 Å². The Kier molecular flexibility index (Phi) is 3.89. The average molecular weight is 305 g/mol. The largest absolute Gasteiger partial charge is 0.416 e. The Labute approximate surface area is 115 Å². The normalized spacial score (nSPS) is 11.7. The van der Waals surface area contributed by atoms with Crippen molar-refractivity contribution in [3.8, 4) is 0 Å². The summed E-state index contributed by atoms with van der Waals surface area (Å²) in [7, 11) is 0. The van der Waals surface area contributed by atoms with Crippen LogP contribution < -0.4 is 5.73 Å². The summed E-state index contributed by atoms with van der Waals surface area (Å²) in [5.74, 6) is -1.31. The predicted octanol–water partition coefficient (Wildman–Crippen LogP) is 4.72. The van der Waals surface area contributed by atoms with Gasteiger partial charge >= 0.3 is 6.18 Å². The summed E-state index contributed by atoms with van der Waals surface area (Å²) in [5, 5.41) is 0. The molecular weight excluding hydrogens is 297 g/mol. The molecule has 2 aromatic carbocycles. The molecule has 0 aliphatic heterocycles. The number of hydrogen-bond acceptors (Lipinski definition) is 2. The van der Waals surface area contributed by atoms with Crippen LogP contribution >= 0.6 is 11.8 Å². The van der Waals surface area contributed by atoms with Gasteiger partial charge in [-0.15, -0.1) is 0 Å². The second-order valence-electron chi connectivity index (χ2n) is 3.93. The van der Waals surface area contributed by atoms with Gasteiger partial charge in [0.2, 0.25) is 0 Å². The number of halogens is 5. The van der Waals surface area contributed by atoms with Crippen molar-refractivity contribution in [2.75, 3.05) is 5.73 Å². The van der Waals surface area contributed by atoms with Gasteiger partial charge in [0.05, 0.1) is 10.5 Å². The van der Waals surface area contributed by atoms with E-state index in [0.717, 1.165) is 48.2 Å². The van der Waals surface area contributed by atoms with Gasteiger partial charge in [-0.3, -0.25) is 0 Å². The molecule has 0 heterocycles. The zero-order chi connectivity index (χ0) is 14.9. The van der Waals surface area contributed by atoms with Crippen LogP contribution in [0.1, 0.15) is 5.56 Å². The molecule has 0 fully saturated rings. The zero-order valence-electron chi connectivity index (χ0n) is 9.84. The Hall–Kier alpha value is -1.76. The Morgan fingerprint density at radius 3 is 2.20 bits per heavy atom. The van der Waals surface area contributed by atoms with Crippen LogP contribution in [0.2, 0.25) is 0 Å². The Bertz CT molecular complexity index is 639. The second kappa shape index (κ2) is 5.32. The number of rotatable bonds is 2. The van der Waals surface area contributed by atoms with E-state index in [0.29, 0.717) is 0 Å². The van der Waals surface area contributed by atoms with E-state index in [9.17, 15) is 22.0 Å². The van der Waals surface area contributed by atoms with Crippen molar-refractivity contribution in [3.05, 3.63) is 53.6 Å². The molecule has 0 spiro atoms. The Balaban J connectivity index is 2.33. The molecule has 0 aliphatic rings. The molecule has 0 aromatic heterocycles. The van der Waals surface area contributed by atoms with Gasteiger partial charge in [-0.25, -0.2) is 8.78 Å². The van der Waals surface area contributed by atoms with E-state index in [2.05, 4.69) is 0 Å². The SMILES string of the molecule is Nc1cc(C(F)(F)F)ccc1Sc1cc(F)ccc1F. The number of nitrogen functional groups attached to an aromatic ring is 1. The molecule has 0 bridgehead atoms. The van der Waals surface area contributed by atoms with Crippen LogP contribution in [0, 0.1) is 11.6 Å².